The smallest absolute Gasteiger partial charge is 0.326 e. The fourth-order valence-electron chi connectivity index (χ4n) is 4.74. The highest BCUT2D eigenvalue weighted by molar-refractivity contribution is 7.21. The Bertz CT molecular complexity index is 1410. The van der Waals surface area contributed by atoms with E-state index in [1.54, 1.807) is 15.7 Å². The Balaban J connectivity index is 1.43. The van der Waals surface area contributed by atoms with Gasteiger partial charge in [-0.3, -0.25) is 14.3 Å². The number of hydrogen-bond acceptors (Lipinski definition) is 6. The molecule has 4 heterocycles. The first-order valence-corrected chi connectivity index (χ1v) is 12.8. The molecule has 0 radical (unpaired) electrons. The van der Waals surface area contributed by atoms with E-state index in [0.29, 0.717) is 18.0 Å². The predicted molar refractivity (Wildman–Crippen MR) is 140 cm³/mol. The summed E-state index contributed by atoms with van der Waals surface area (Å²) < 4.78 is 2.61. The molecule has 2 amide bonds. The van der Waals surface area contributed by atoms with Crippen LogP contribution in [-0.4, -0.2) is 57.2 Å². The van der Waals surface area contributed by atoms with Crippen molar-refractivity contribution in [2.45, 2.75) is 39.2 Å². The van der Waals surface area contributed by atoms with Crippen molar-refractivity contribution in [1.29, 1.82) is 0 Å². The first-order valence-electron chi connectivity index (χ1n) is 12.0. The summed E-state index contributed by atoms with van der Waals surface area (Å²) in [7, 11) is 0. The van der Waals surface area contributed by atoms with Crippen LogP contribution in [0.5, 0.6) is 0 Å². The van der Waals surface area contributed by atoms with Gasteiger partial charge in [-0.05, 0) is 62.6 Å². The summed E-state index contributed by atoms with van der Waals surface area (Å²) in [5, 5.41) is 17.0. The molecule has 0 aliphatic carbocycles. The lowest BCUT2D eigenvalue weighted by atomic mass is 10.2. The minimum Gasteiger partial charge on any atom is -0.394 e. The Morgan fingerprint density at radius 3 is 2.89 bits per heavy atom. The number of pyridine rings is 1. The number of carbonyl (C=O) groups is 2. The van der Waals surface area contributed by atoms with E-state index >= 15 is 0 Å². The predicted octanol–water partition coefficient (Wildman–Crippen LogP) is 4.87. The SMILES string of the molecule is CCCNC(=O)n1c(C)cc2cc(Nc3ccnc4cc(C(=O)N5CCC[C@H]5CO)sc34)ccc21. The van der Waals surface area contributed by atoms with E-state index in [0.717, 1.165) is 57.5 Å². The van der Waals surface area contributed by atoms with Crippen LogP contribution in [0.2, 0.25) is 0 Å². The van der Waals surface area contributed by atoms with Crippen LogP contribution in [0.25, 0.3) is 21.1 Å². The second-order valence-corrected chi connectivity index (χ2v) is 9.96. The molecule has 4 aromatic rings. The number of likely N-dealkylation sites (tertiary alicyclic amines) is 1. The highest BCUT2D eigenvalue weighted by Crippen LogP contribution is 2.35. The molecule has 5 rings (SSSR count). The van der Waals surface area contributed by atoms with E-state index in [4.69, 9.17) is 0 Å². The van der Waals surface area contributed by atoms with Gasteiger partial charge in [-0.25, -0.2) is 4.79 Å². The van der Waals surface area contributed by atoms with Crippen LogP contribution in [0, 0.1) is 6.92 Å². The molecule has 0 bridgehead atoms. The molecule has 1 atom stereocenters. The van der Waals surface area contributed by atoms with Gasteiger partial charge in [0.05, 0.1) is 38.9 Å². The summed E-state index contributed by atoms with van der Waals surface area (Å²) in [6.07, 6.45) is 4.36. The number of amides is 2. The van der Waals surface area contributed by atoms with E-state index in [9.17, 15) is 14.7 Å². The largest absolute Gasteiger partial charge is 0.394 e. The summed E-state index contributed by atoms with van der Waals surface area (Å²) in [4.78, 5) is 32.6. The second-order valence-electron chi connectivity index (χ2n) is 8.91. The molecule has 8 nitrogen and oxygen atoms in total. The van der Waals surface area contributed by atoms with Crippen molar-refractivity contribution in [3.8, 4) is 0 Å². The molecule has 0 spiro atoms. The molecule has 3 N–H and O–H groups in total. The lowest BCUT2D eigenvalue weighted by Gasteiger charge is -2.22. The maximum Gasteiger partial charge on any atom is 0.326 e. The molecule has 182 valence electrons. The number of nitrogens with one attached hydrogen (secondary N) is 2. The zero-order valence-electron chi connectivity index (χ0n) is 19.9. The molecular weight excluding hydrogens is 462 g/mol. The third-order valence-corrected chi connectivity index (χ3v) is 7.61. The van der Waals surface area contributed by atoms with Gasteiger partial charge in [-0.15, -0.1) is 11.3 Å². The van der Waals surface area contributed by atoms with Crippen molar-refractivity contribution in [3.05, 3.63) is 53.2 Å². The number of fused-ring (bicyclic) bond motifs is 2. The van der Waals surface area contributed by atoms with Gasteiger partial charge in [-0.2, -0.15) is 0 Å². The first-order chi connectivity index (χ1) is 17.0. The number of aryl methyl sites for hydroxylation is 1. The Morgan fingerprint density at radius 1 is 1.23 bits per heavy atom. The van der Waals surface area contributed by atoms with Crippen molar-refractivity contribution in [3.63, 3.8) is 0 Å². The number of aliphatic hydroxyl groups excluding tert-OH is 1. The number of thiophene rings is 1. The van der Waals surface area contributed by atoms with E-state index in [1.165, 1.54) is 11.3 Å². The summed E-state index contributed by atoms with van der Waals surface area (Å²) in [6.45, 7) is 5.26. The van der Waals surface area contributed by atoms with Gasteiger partial charge in [0.25, 0.3) is 5.91 Å². The molecule has 3 aromatic heterocycles. The third-order valence-electron chi connectivity index (χ3n) is 6.47. The van der Waals surface area contributed by atoms with Crippen LogP contribution >= 0.6 is 11.3 Å². The van der Waals surface area contributed by atoms with E-state index in [-0.39, 0.29) is 24.6 Å². The molecule has 1 aliphatic heterocycles. The molecule has 0 saturated carbocycles. The molecule has 9 heteroatoms. The molecule has 35 heavy (non-hydrogen) atoms. The number of aromatic nitrogens is 2. The van der Waals surface area contributed by atoms with Crippen LogP contribution < -0.4 is 10.6 Å². The molecule has 1 saturated heterocycles. The zero-order chi connectivity index (χ0) is 24.5. The van der Waals surface area contributed by atoms with Crippen LogP contribution in [-0.2, 0) is 0 Å². The quantitative estimate of drug-likeness (QED) is 0.357. The third kappa shape index (κ3) is 4.37. The molecule has 1 aromatic carbocycles. The number of rotatable bonds is 6. The Morgan fingerprint density at radius 2 is 2.09 bits per heavy atom. The number of carbonyl (C=O) groups excluding carboxylic acids is 2. The maximum atomic E-state index is 13.1. The van der Waals surface area contributed by atoms with E-state index < -0.39 is 0 Å². The van der Waals surface area contributed by atoms with Gasteiger partial charge >= 0.3 is 6.03 Å². The summed E-state index contributed by atoms with van der Waals surface area (Å²) >= 11 is 1.42. The average molecular weight is 492 g/mol. The minimum atomic E-state index is -0.117. The number of nitrogens with zero attached hydrogens (tertiary/aromatic N) is 3. The fourth-order valence-corrected chi connectivity index (χ4v) is 5.78. The Kier molecular flexibility index (Phi) is 6.44. The average Bonchev–Trinajstić information content (AvgIpc) is 3.58. The van der Waals surface area contributed by atoms with Gasteiger partial charge < -0.3 is 20.6 Å². The Labute approximate surface area is 207 Å². The second kappa shape index (κ2) is 9.67. The van der Waals surface area contributed by atoms with Gasteiger partial charge in [0.15, 0.2) is 0 Å². The molecule has 1 fully saturated rings. The van der Waals surface area contributed by atoms with Crippen LogP contribution in [0.15, 0.2) is 42.6 Å². The number of hydrogen-bond donors (Lipinski definition) is 3. The highest BCUT2D eigenvalue weighted by Gasteiger charge is 2.30. The van der Waals surface area contributed by atoms with Crippen molar-refractivity contribution < 1.29 is 14.7 Å². The molecule has 1 aliphatic rings. The zero-order valence-corrected chi connectivity index (χ0v) is 20.7. The summed E-state index contributed by atoms with van der Waals surface area (Å²) in [5.74, 6) is -0.0462. The number of aliphatic hydroxyl groups is 1. The van der Waals surface area contributed by atoms with Crippen LogP contribution in [0.4, 0.5) is 16.2 Å². The number of benzene rings is 1. The van der Waals surface area contributed by atoms with Crippen molar-refractivity contribution in [2.75, 3.05) is 25.0 Å². The van der Waals surface area contributed by atoms with Crippen molar-refractivity contribution >= 4 is 55.8 Å². The minimum absolute atomic E-state index is 0.00830. The van der Waals surface area contributed by atoms with Crippen molar-refractivity contribution in [1.82, 2.24) is 19.8 Å². The highest BCUT2D eigenvalue weighted by atomic mass is 32.1. The molecule has 0 unspecified atom stereocenters. The van der Waals surface area contributed by atoms with Gasteiger partial charge in [0.2, 0.25) is 0 Å². The van der Waals surface area contributed by atoms with Crippen LogP contribution in [0.3, 0.4) is 0 Å². The summed E-state index contributed by atoms with van der Waals surface area (Å²) in [6, 6.07) is 11.4. The molecular formula is C26H29N5O3S. The summed E-state index contributed by atoms with van der Waals surface area (Å²) in [5.41, 5.74) is 4.25. The van der Waals surface area contributed by atoms with E-state index in [2.05, 4.69) is 15.6 Å². The van der Waals surface area contributed by atoms with Gasteiger partial charge in [-0.1, -0.05) is 6.92 Å². The Hall–Kier alpha value is -3.43. The lowest BCUT2D eigenvalue weighted by Crippen LogP contribution is -2.37. The normalized spacial score (nSPS) is 15.7. The van der Waals surface area contributed by atoms with Gasteiger partial charge in [0.1, 0.15) is 0 Å². The van der Waals surface area contributed by atoms with Gasteiger partial charge in [0, 0.05) is 36.1 Å². The standard InChI is InChI=1S/C26H29N5O3S/c1-3-9-28-26(34)31-16(2)12-17-13-18(6-7-22(17)31)29-20-8-10-27-21-14-23(35-24(20)21)25(33)30-11-4-5-19(30)15-32/h6-8,10,12-14,19,32H,3-5,9,11,15H2,1-2H3,(H,27,29)(H,28,34)/t19-/m0/s1. The fraction of sp³-hybridized carbons (Fsp3) is 0.346. The number of anilines is 2. The van der Waals surface area contributed by atoms with Crippen LogP contribution in [0.1, 0.15) is 41.6 Å². The van der Waals surface area contributed by atoms with Crippen molar-refractivity contribution in [2.24, 2.45) is 0 Å². The first kappa shape index (κ1) is 23.3. The monoisotopic (exact) mass is 491 g/mol. The van der Waals surface area contributed by atoms with E-state index in [1.807, 2.05) is 50.2 Å². The maximum absolute atomic E-state index is 13.1. The lowest BCUT2D eigenvalue weighted by molar-refractivity contribution is 0.0682. The topological polar surface area (TPSA) is 99.5 Å².